The van der Waals surface area contributed by atoms with Crippen molar-refractivity contribution in [2.24, 2.45) is 5.41 Å². The number of hydrogen-bond acceptors (Lipinski definition) is 6. The lowest BCUT2D eigenvalue weighted by atomic mass is 9.87. The first kappa shape index (κ1) is 23.1. The van der Waals surface area contributed by atoms with Crippen LogP contribution in [0, 0.1) is 5.41 Å². The van der Waals surface area contributed by atoms with E-state index >= 15 is 0 Å². The molecule has 0 fully saturated rings. The lowest BCUT2D eigenvalue weighted by Gasteiger charge is -2.27. The van der Waals surface area contributed by atoms with Crippen molar-refractivity contribution in [3.63, 3.8) is 0 Å². The molecule has 22 heavy (non-hydrogen) atoms. The maximum Gasteiger partial charge on any atom is 0.249 e. The van der Waals surface area contributed by atoms with E-state index in [2.05, 4.69) is 26.5 Å². The lowest BCUT2D eigenvalue weighted by Crippen LogP contribution is -2.46. The lowest BCUT2D eigenvalue weighted by molar-refractivity contribution is -0.870. The van der Waals surface area contributed by atoms with E-state index in [1.54, 1.807) is 0 Å². The molecule has 0 aliphatic rings. The summed E-state index contributed by atoms with van der Waals surface area (Å²) in [4.78, 5) is 21.3. The largest absolute Gasteiger partial charge is 0.550 e. The zero-order valence-corrected chi connectivity index (χ0v) is 14.1. The van der Waals surface area contributed by atoms with E-state index in [-0.39, 0.29) is 26.2 Å². The van der Waals surface area contributed by atoms with E-state index in [0.29, 0.717) is 0 Å². The van der Waals surface area contributed by atoms with Crippen molar-refractivity contribution in [3.05, 3.63) is 0 Å². The first-order valence-corrected chi connectivity index (χ1v) is 7.05. The van der Waals surface area contributed by atoms with Gasteiger partial charge in [0.25, 0.3) is 0 Å². The molecule has 0 saturated carbocycles. The molecular weight excluding hydrogens is 292 g/mol. The second-order valence-corrected chi connectivity index (χ2v) is 6.70. The number of hydrogen-bond donors (Lipinski definition) is 4. The topological polar surface area (TPSA) is 130 Å². The molecule has 8 nitrogen and oxygen atoms in total. The zero-order valence-electron chi connectivity index (χ0n) is 14.1. The monoisotopic (exact) mass is 322 g/mol. The van der Waals surface area contributed by atoms with Crippen LogP contribution in [0.1, 0.15) is 20.3 Å². The number of nitrogens with zero attached hydrogens (tertiary/aromatic N) is 1. The van der Waals surface area contributed by atoms with Crippen LogP contribution in [-0.2, 0) is 9.59 Å². The minimum Gasteiger partial charge on any atom is -0.550 e. The Bertz CT molecular complexity index is 339. The molecular formula is C14H30N2O6. The van der Waals surface area contributed by atoms with E-state index in [1.165, 1.54) is 13.8 Å². The van der Waals surface area contributed by atoms with E-state index in [1.807, 2.05) is 0 Å². The van der Waals surface area contributed by atoms with Gasteiger partial charge in [0.05, 0.1) is 34.4 Å². The number of rotatable bonds is 8. The van der Waals surface area contributed by atoms with Gasteiger partial charge in [0, 0.05) is 24.3 Å². The molecule has 132 valence electrons. The van der Waals surface area contributed by atoms with Gasteiger partial charge >= 0.3 is 0 Å². The highest BCUT2D eigenvalue weighted by atomic mass is 16.4. The molecule has 0 spiro atoms. The maximum atomic E-state index is 11.2. The van der Waals surface area contributed by atoms with Crippen molar-refractivity contribution in [2.75, 3.05) is 47.4 Å². The smallest absolute Gasteiger partial charge is 0.249 e. The third kappa shape index (κ3) is 12.5. The summed E-state index contributed by atoms with van der Waals surface area (Å²) in [5.74, 6) is -1.97. The SMILES string of the molecule is CC(C)(CO)C(O)C(=O)NCCC(=O)[O-].C[N+](C)(C)CCO. The first-order chi connectivity index (χ1) is 9.87. The number of carboxylic acids is 1. The Labute approximate surface area is 132 Å². The summed E-state index contributed by atoms with van der Waals surface area (Å²) >= 11 is 0. The van der Waals surface area contributed by atoms with E-state index < -0.39 is 23.4 Å². The second-order valence-electron chi connectivity index (χ2n) is 6.70. The van der Waals surface area contributed by atoms with Gasteiger partial charge in [-0.2, -0.15) is 0 Å². The molecule has 1 atom stereocenters. The first-order valence-electron chi connectivity index (χ1n) is 7.05. The number of carbonyl (C=O) groups excluding carboxylic acids is 2. The predicted octanol–water partition coefficient (Wildman–Crippen LogP) is -2.69. The van der Waals surface area contributed by atoms with E-state index in [9.17, 15) is 19.8 Å². The number of aliphatic hydroxyl groups excluding tert-OH is 3. The van der Waals surface area contributed by atoms with Crippen molar-refractivity contribution in [1.29, 1.82) is 0 Å². The standard InChI is InChI=1S/C9H17NO5.C5H14NO/c1-9(2,5-11)7(14)8(15)10-4-3-6(12)13;1-6(2,3)4-5-7/h7,11,14H,3-5H2,1-2H3,(H,10,15)(H,12,13);7H,4-5H2,1-3H3/q;+1/p-1. The molecule has 1 amide bonds. The molecule has 0 aliphatic heterocycles. The zero-order chi connectivity index (χ0) is 18.0. The molecule has 0 bridgehead atoms. The van der Waals surface area contributed by atoms with Gasteiger partial charge in [0.15, 0.2) is 0 Å². The minimum atomic E-state index is -1.37. The Morgan fingerprint density at radius 1 is 1.23 bits per heavy atom. The van der Waals surface area contributed by atoms with Gasteiger partial charge < -0.3 is 35.0 Å². The van der Waals surface area contributed by atoms with Gasteiger partial charge in [-0.1, -0.05) is 13.8 Å². The van der Waals surface area contributed by atoms with Gasteiger partial charge in [-0.05, 0) is 0 Å². The average Bonchev–Trinajstić information content (AvgIpc) is 2.36. The Morgan fingerprint density at radius 2 is 1.73 bits per heavy atom. The van der Waals surface area contributed by atoms with Crippen LogP contribution in [0.25, 0.3) is 0 Å². The third-order valence-corrected chi connectivity index (χ3v) is 2.80. The number of quaternary nitrogens is 1. The molecule has 0 heterocycles. The number of nitrogens with one attached hydrogen (secondary N) is 1. The van der Waals surface area contributed by atoms with Gasteiger partial charge in [-0.3, -0.25) is 4.79 Å². The van der Waals surface area contributed by atoms with Gasteiger partial charge in [0.2, 0.25) is 5.91 Å². The number of likely N-dealkylation sites (N-methyl/N-ethyl adjacent to an activating group) is 1. The van der Waals surface area contributed by atoms with Gasteiger partial charge in [-0.25, -0.2) is 0 Å². The Kier molecular flexibility index (Phi) is 11.0. The summed E-state index contributed by atoms with van der Waals surface area (Å²) in [5.41, 5.74) is -0.953. The molecule has 0 radical (unpaired) electrons. The van der Waals surface area contributed by atoms with Crippen LogP contribution in [0.2, 0.25) is 0 Å². The van der Waals surface area contributed by atoms with Crippen LogP contribution in [0.15, 0.2) is 0 Å². The fourth-order valence-electron chi connectivity index (χ4n) is 1.13. The Morgan fingerprint density at radius 3 is 2.00 bits per heavy atom. The number of carbonyl (C=O) groups is 2. The quantitative estimate of drug-likeness (QED) is 0.360. The Hall–Kier alpha value is -1.22. The van der Waals surface area contributed by atoms with Crippen molar-refractivity contribution in [1.82, 2.24) is 5.32 Å². The fourth-order valence-corrected chi connectivity index (χ4v) is 1.13. The highest BCUT2D eigenvalue weighted by Crippen LogP contribution is 2.19. The number of aliphatic carboxylic acids is 1. The highest BCUT2D eigenvalue weighted by molar-refractivity contribution is 5.81. The normalized spacial score (nSPS) is 12.9. The maximum absolute atomic E-state index is 11.2. The molecule has 0 aromatic rings. The second kappa shape index (κ2) is 10.5. The highest BCUT2D eigenvalue weighted by Gasteiger charge is 2.32. The Balaban J connectivity index is 0. The molecule has 1 unspecified atom stereocenters. The molecule has 0 aliphatic carbocycles. The predicted molar refractivity (Wildman–Crippen MR) is 79.5 cm³/mol. The molecule has 8 heteroatoms. The van der Waals surface area contributed by atoms with Crippen molar-refractivity contribution in [2.45, 2.75) is 26.4 Å². The molecule has 0 aromatic carbocycles. The number of amides is 1. The molecule has 4 N–H and O–H groups in total. The van der Waals surface area contributed by atoms with E-state index in [4.69, 9.17) is 10.2 Å². The van der Waals surface area contributed by atoms with Crippen LogP contribution >= 0.6 is 0 Å². The van der Waals surface area contributed by atoms with Crippen molar-refractivity contribution >= 4 is 11.9 Å². The summed E-state index contributed by atoms with van der Waals surface area (Å²) in [5, 5.41) is 39.0. The van der Waals surface area contributed by atoms with Crippen LogP contribution in [0.5, 0.6) is 0 Å². The summed E-state index contributed by atoms with van der Waals surface area (Å²) in [6.45, 7) is 3.72. The molecule has 0 rings (SSSR count). The number of carboxylic acid groups (broad SMARTS) is 1. The summed E-state index contributed by atoms with van der Waals surface area (Å²) in [6.07, 6.45) is -1.68. The summed E-state index contributed by atoms with van der Waals surface area (Å²) < 4.78 is 0.844. The van der Waals surface area contributed by atoms with Gasteiger partial charge in [-0.15, -0.1) is 0 Å². The van der Waals surface area contributed by atoms with Gasteiger partial charge in [0.1, 0.15) is 12.6 Å². The average molecular weight is 322 g/mol. The van der Waals surface area contributed by atoms with Crippen LogP contribution in [0.4, 0.5) is 0 Å². The van der Waals surface area contributed by atoms with Crippen LogP contribution in [0.3, 0.4) is 0 Å². The van der Waals surface area contributed by atoms with E-state index in [0.717, 1.165) is 11.0 Å². The summed E-state index contributed by atoms with van der Waals surface area (Å²) in [6, 6.07) is 0. The molecule has 0 aromatic heterocycles. The van der Waals surface area contributed by atoms with Crippen molar-refractivity contribution in [3.8, 4) is 0 Å². The van der Waals surface area contributed by atoms with Crippen molar-refractivity contribution < 1.29 is 34.5 Å². The summed E-state index contributed by atoms with van der Waals surface area (Å²) in [7, 11) is 6.16. The number of aliphatic hydroxyl groups is 3. The third-order valence-electron chi connectivity index (χ3n) is 2.80. The minimum absolute atomic E-state index is 0.0975. The van der Waals surface area contributed by atoms with Crippen LogP contribution < -0.4 is 10.4 Å². The molecule has 0 saturated heterocycles. The fraction of sp³-hybridized carbons (Fsp3) is 0.857. The van der Waals surface area contributed by atoms with Crippen LogP contribution in [-0.4, -0.2) is 85.2 Å².